The van der Waals surface area contributed by atoms with E-state index in [0.29, 0.717) is 12.1 Å². The number of thiazole rings is 1. The van der Waals surface area contributed by atoms with Crippen molar-refractivity contribution in [3.8, 4) is 0 Å². The molecule has 0 saturated carbocycles. The average Bonchev–Trinajstić information content (AvgIpc) is 2.76. The number of hydrogen-bond acceptors (Lipinski definition) is 3. The molecule has 2 nitrogen and oxygen atoms in total. The standard InChI is InChI=1S/C14H18N2S/c1-10(13-7-5-4-6-8-13)16-12(3)14-11(2)15-9-17-14/h4-10,12,16H,1-3H3. The maximum Gasteiger partial charge on any atom is 0.0798 e. The summed E-state index contributed by atoms with van der Waals surface area (Å²) in [5.74, 6) is 0. The van der Waals surface area contributed by atoms with Gasteiger partial charge in [0.2, 0.25) is 0 Å². The fourth-order valence-corrected chi connectivity index (χ4v) is 2.83. The van der Waals surface area contributed by atoms with Gasteiger partial charge in [-0.05, 0) is 26.3 Å². The highest BCUT2D eigenvalue weighted by molar-refractivity contribution is 7.09. The van der Waals surface area contributed by atoms with E-state index >= 15 is 0 Å². The molecule has 0 amide bonds. The third kappa shape index (κ3) is 2.93. The van der Waals surface area contributed by atoms with Gasteiger partial charge in [0.1, 0.15) is 0 Å². The van der Waals surface area contributed by atoms with Crippen molar-refractivity contribution in [2.75, 3.05) is 0 Å². The zero-order chi connectivity index (χ0) is 12.3. The molecule has 0 saturated heterocycles. The van der Waals surface area contributed by atoms with Gasteiger partial charge in [-0.2, -0.15) is 0 Å². The summed E-state index contributed by atoms with van der Waals surface area (Å²) in [4.78, 5) is 5.62. The topological polar surface area (TPSA) is 24.9 Å². The molecule has 2 aromatic rings. The minimum absolute atomic E-state index is 0.345. The van der Waals surface area contributed by atoms with E-state index in [1.807, 2.05) is 11.6 Å². The summed E-state index contributed by atoms with van der Waals surface area (Å²) in [6, 6.07) is 11.2. The van der Waals surface area contributed by atoms with E-state index in [-0.39, 0.29) is 0 Å². The molecule has 0 spiro atoms. The van der Waals surface area contributed by atoms with E-state index in [2.05, 4.69) is 55.3 Å². The molecule has 0 fully saturated rings. The van der Waals surface area contributed by atoms with E-state index in [0.717, 1.165) is 5.69 Å². The normalized spacial score (nSPS) is 14.5. The first-order valence-electron chi connectivity index (χ1n) is 5.89. The molecule has 2 unspecified atom stereocenters. The van der Waals surface area contributed by atoms with Crippen LogP contribution >= 0.6 is 11.3 Å². The van der Waals surface area contributed by atoms with Crippen molar-refractivity contribution in [3.63, 3.8) is 0 Å². The van der Waals surface area contributed by atoms with Crippen molar-refractivity contribution in [1.82, 2.24) is 10.3 Å². The summed E-state index contributed by atoms with van der Waals surface area (Å²) >= 11 is 1.72. The lowest BCUT2D eigenvalue weighted by Crippen LogP contribution is -2.22. The number of hydrogen-bond donors (Lipinski definition) is 1. The van der Waals surface area contributed by atoms with Crippen LogP contribution in [0.1, 0.15) is 42.1 Å². The molecule has 1 N–H and O–H groups in total. The highest BCUT2D eigenvalue weighted by Crippen LogP contribution is 2.24. The second-order valence-electron chi connectivity index (χ2n) is 4.32. The number of rotatable bonds is 4. The minimum atomic E-state index is 0.345. The Morgan fingerprint density at radius 3 is 2.41 bits per heavy atom. The average molecular weight is 246 g/mol. The lowest BCUT2D eigenvalue weighted by atomic mass is 10.1. The summed E-state index contributed by atoms with van der Waals surface area (Å²) in [5, 5.41) is 3.61. The van der Waals surface area contributed by atoms with Crippen LogP contribution in [0, 0.1) is 6.92 Å². The van der Waals surface area contributed by atoms with Crippen molar-refractivity contribution in [3.05, 3.63) is 52.0 Å². The summed E-state index contributed by atoms with van der Waals surface area (Å²) in [5.41, 5.74) is 4.37. The number of aromatic nitrogens is 1. The number of nitrogens with zero attached hydrogens (tertiary/aromatic N) is 1. The van der Waals surface area contributed by atoms with E-state index in [1.165, 1.54) is 10.4 Å². The minimum Gasteiger partial charge on any atom is -0.303 e. The van der Waals surface area contributed by atoms with Crippen LogP contribution in [0.2, 0.25) is 0 Å². The van der Waals surface area contributed by atoms with E-state index in [9.17, 15) is 0 Å². The van der Waals surface area contributed by atoms with Crippen LogP contribution in [0.25, 0.3) is 0 Å². The third-order valence-corrected chi connectivity index (χ3v) is 4.09. The van der Waals surface area contributed by atoms with Gasteiger partial charge in [-0.1, -0.05) is 30.3 Å². The van der Waals surface area contributed by atoms with Gasteiger partial charge in [-0.3, -0.25) is 0 Å². The van der Waals surface area contributed by atoms with Gasteiger partial charge in [-0.15, -0.1) is 11.3 Å². The van der Waals surface area contributed by atoms with E-state index < -0.39 is 0 Å². The quantitative estimate of drug-likeness (QED) is 0.886. The monoisotopic (exact) mass is 246 g/mol. The van der Waals surface area contributed by atoms with Gasteiger partial charge >= 0.3 is 0 Å². The van der Waals surface area contributed by atoms with Crippen LogP contribution in [0.3, 0.4) is 0 Å². The van der Waals surface area contributed by atoms with Crippen LogP contribution in [0.15, 0.2) is 35.8 Å². The Morgan fingerprint density at radius 2 is 1.82 bits per heavy atom. The van der Waals surface area contributed by atoms with Gasteiger partial charge in [-0.25, -0.2) is 4.98 Å². The predicted molar refractivity (Wildman–Crippen MR) is 73.3 cm³/mol. The van der Waals surface area contributed by atoms with Crippen LogP contribution in [-0.2, 0) is 0 Å². The van der Waals surface area contributed by atoms with Gasteiger partial charge in [0.05, 0.1) is 11.2 Å². The number of benzene rings is 1. The fourth-order valence-electron chi connectivity index (χ4n) is 2.02. The van der Waals surface area contributed by atoms with Crippen molar-refractivity contribution < 1.29 is 0 Å². The largest absolute Gasteiger partial charge is 0.303 e. The molecule has 0 radical (unpaired) electrons. The molecule has 1 heterocycles. The summed E-state index contributed by atoms with van der Waals surface area (Å²) in [6.45, 7) is 6.46. The highest BCUT2D eigenvalue weighted by atomic mass is 32.1. The second-order valence-corrected chi connectivity index (χ2v) is 5.21. The zero-order valence-corrected chi connectivity index (χ0v) is 11.3. The first-order valence-corrected chi connectivity index (χ1v) is 6.77. The Kier molecular flexibility index (Phi) is 3.92. The molecule has 17 heavy (non-hydrogen) atoms. The summed E-state index contributed by atoms with van der Waals surface area (Å²) < 4.78 is 0. The van der Waals surface area contributed by atoms with Crippen molar-refractivity contribution in [2.24, 2.45) is 0 Å². The van der Waals surface area contributed by atoms with Gasteiger partial charge in [0.25, 0.3) is 0 Å². The van der Waals surface area contributed by atoms with Crippen LogP contribution in [-0.4, -0.2) is 4.98 Å². The van der Waals surface area contributed by atoms with Crippen LogP contribution in [0.5, 0.6) is 0 Å². The molecule has 2 atom stereocenters. The number of nitrogens with one attached hydrogen (secondary N) is 1. The highest BCUT2D eigenvalue weighted by Gasteiger charge is 2.14. The van der Waals surface area contributed by atoms with E-state index in [4.69, 9.17) is 0 Å². The zero-order valence-electron chi connectivity index (χ0n) is 10.5. The molecule has 0 aliphatic heterocycles. The van der Waals surface area contributed by atoms with E-state index in [1.54, 1.807) is 11.3 Å². The maximum atomic E-state index is 4.30. The molecule has 0 aliphatic carbocycles. The molecule has 90 valence electrons. The molecule has 1 aromatic carbocycles. The van der Waals surface area contributed by atoms with Crippen molar-refractivity contribution in [2.45, 2.75) is 32.9 Å². The van der Waals surface area contributed by atoms with Gasteiger partial charge in [0.15, 0.2) is 0 Å². The van der Waals surface area contributed by atoms with Gasteiger partial charge < -0.3 is 5.32 Å². The molecule has 0 aliphatic rings. The fraction of sp³-hybridized carbons (Fsp3) is 0.357. The van der Waals surface area contributed by atoms with Crippen molar-refractivity contribution in [1.29, 1.82) is 0 Å². The molecule has 2 rings (SSSR count). The lowest BCUT2D eigenvalue weighted by Gasteiger charge is -2.19. The molecule has 3 heteroatoms. The molecular formula is C14H18N2S. The van der Waals surface area contributed by atoms with Crippen LogP contribution in [0.4, 0.5) is 0 Å². The molecule has 0 bridgehead atoms. The number of aryl methyl sites for hydroxylation is 1. The Morgan fingerprint density at radius 1 is 1.12 bits per heavy atom. The first kappa shape index (κ1) is 12.3. The van der Waals surface area contributed by atoms with Crippen molar-refractivity contribution >= 4 is 11.3 Å². The summed E-state index contributed by atoms with van der Waals surface area (Å²) in [6.07, 6.45) is 0. The Hall–Kier alpha value is -1.19. The maximum absolute atomic E-state index is 4.30. The summed E-state index contributed by atoms with van der Waals surface area (Å²) in [7, 11) is 0. The Balaban J connectivity index is 2.05. The lowest BCUT2D eigenvalue weighted by molar-refractivity contribution is 0.498. The SMILES string of the molecule is Cc1ncsc1C(C)NC(C)c1ccccc1. The first-order chi connectivity index (χ1) is 8.18. The smallest absolute Gasteiger partial charge is 0.0798 e. The molecule has 1 aromatic heterocycles. The molecular weight excluding hydrogens is 228 g/mol. The second kappa shape index (κ2) is 5.43. The van der Waals surface area contributed by atoms with Gasteiger partial charge in [0, 0.05) is 17.0 Å². The Labute approximate surface area is 107 Å². The third-order valence-electron chi connectivity index (χ3n) is 2.98. The predicted octanol–water partition coefficient (Wildman–Crippen LogP) is 3.86. The van der Waals surface area contributed by atoms with Crippen LogP contribution < -0.4 is 5.32 Å². The Bertz CT molecular complexity index is 464.